The van der Waals surface area contributed by atoms with Gasteiger partial charge < -0.3 is 10.2 Å². The Morgan fingerprint density at radius 3 is 2.65 bits per heavy atom. The second-order valence-corrected chi connectivity index (χ2v) is 5.04. The molecule has 0 spiro atoms. The van der Waals surface area contributed by atoms with Crippen LogP contribution in [0.4, 0.5) is 5.69 Å². The predicted octanol–water partition coefficient (Wildman–Crippen LogP) is 3.14. The SMILES string of the molecule is CCNCc1ccccc1N(C)Cc1cccc(C)n1. The number of benzene rings is 1. The molecule has 0 bridgehead atoms. The third kappa shape index (κ3) is 3.81. The van der Waals surface area contributed by atoms with Crippen molar-refractivity contribution in [2.75, 3.05) is 18.5 Å². The fourth-order valence-corrected chi connectivity index (χ4v) is 2.31. The van der Waals surface area contributed by atoms with E-state index in [2.05, 4.69) is 65.6 Å². The summed E-state index contributed by atoms with van der Waals surface area (Å²) in [4.78, 5) is 6.83. The minimum absolute atomic E-state index is 0.824. The molecule has 1 N–H and O–H groups in total. The van der Waals surface area contributed by atoms with Gasteiger partial charge in [0.05, 0.1) is 12.2 Å². The number of pyridine rings is 1. The van der Waals surface area contributed by atoms with E-state index >= 15 is 0 Å². The van der Waals surface area contributed by atoms with Crippen LogP contribution in [0, 0.1) is 6.92 Å². The molecule has 0 aliphatic heterocycles. The number of rotatable bonds is 6. The molecule has 2 rings (SSSR count). The maximum atomic E-state index is 4.57. The third-order valence-corrected chi connectivity index (χ3v) is 3.31. The molecule has 0 radical (unpaired) electrons. The molecule has 0 saturated heterocycles. The molecular weight excluding hydrogens is 246 g/mol. The molecule has 2 aromatic rings. The van der Waals surface area contributed by atoms with Gasteiger partial charge >= 0.3 is 0 Å². The Labute approximate surface area is 121 Å². The van der Waals surface area contributed by atoms with E-state index < -0.39 is 0 Å². The predicted molar refractivity (Wildman–Crippen MR) is 84.9 cm³/mol. The summed E-state index contributed by atoms with van der Waals surface area (Å²) in [5.74, 6) is 0. The lowest BCUT2D eigenvalue weighted by Crippen LogP contribution is -2.21. The highest BCUT2D eigenvalue weighted by atomic mass is 15.1. The van der Waals surface area contributed by atoms with E-state index in [0.29, 0.717) is 0 Å². The zero-order valence-electron chi connectivity index (χ0n) is 12.6. The topological polar surface area (TPSA) is 28.2 Å². The zero-order chi connectivity index (χ0) is 14.4. The van der Waals surface area contributed by atoms with Gasteiger partial charge in [-0.1, -0.05) is 31.2 Å². The van der Waals surface area contributed by atoms with E-state index in [9.17, 15) is 0 Å². The molecule has 0 aliphatic rings. The summed E-state index contributed by atoms with van der Waals surface area (Å²) in [5.41, 5.74) is 4.75. The number of nitrogens with zero attached hydrogens (tertiary/aromatic N) is 2. The summed E-state index contributed by atoms with van der Waals surface area (Å²) in [6.45, 7) is 6.87. The van der Waals surface area contributed by atoms with Gasteiger partial charge in [-0.3, -0.25) is 4.98 Å². The number of nitrogens with one attached hydrogen (secondary N) is 1. The second kappa shape index (κ2) is 7.06. The first kappa shape index (κ1) is 14.5. The molecule has 3 nitrogen and oxygen atoms in total. The highest BCUT2D eigenvalue weighted by molar-refractivity contribution is 5.53. The molecule has 20 heavy (non-hydrogen) atoms. The van der Waals surface area contributed by atoms with Crippen LogP contribution in [0.3, 0.4) is 0 Å². The Balaban J connectivity index is 2.14. The smallest absolute Gasteiger partial charge is 0.0600 e. The van der Waals surface area contributed by atoms with Gasteiger partial charge in [-0.05, 0) is 37.2 Å². The quantitative estimate of drug-likeness (QED) is 0.873. The van der Waals surface area contributed by atoms with Gasteiger partial charge in [0.25, 0.3) is 0 Å². The van der Waals surface area contributed by atoms with Crippen LogP contribution in [0.5, 0.6) is 0 Å². The first-order valence-electron chi connectivity index (χ1n) is 7.13. The summed E-state index contributed by atoms with van der Waals surface area (Å²) in [6, 6.07) is 14.7. The highest BCUT2D eigenvalue weighted by Crippen LogP contribution is 2.20. The van der Waals surface area contributed by atoms with Gasteiger partial charge in [0.1, 0.15) is 0 Å². The first-order valence-corrected chi connectivity index (χ1v) is 7.13. The van der Waals surface area contributed by atoms with Crippen LogP contribution in [-0.2, 0) is 13.1 Å². The lowest BCUT2D eigenvalue weighted by Gasteiger charge is -2.22. The molecule has 0 atom stereocenters. The van der Waals surface area contributed by atoms with Gasteiger partial charge in [0.15, 0.2) is 0 Å². The largest absolute Gasteiger partial charge is 0.368 e. The van der Waals surface area contributed by atoms with Crippen molar-refractivity contribution in [3.8, 4) is 0 Å². The van der Waals surface area contributed by atoms with Crippen molar-refractivity contribution >= 4 is 5.69 Å². The first-order chi connectivity index (χ1) is 9.70. The number of para-hydroxylation sites is 1. The molecule has 1 aromatic heterocycles. The zero-order valence-corrected chi connectivity index (χ0v) is 12.6. The average Bonchev–Trinajstić information content (AvgIpc) is 2.45. The van der Waals surface area contributed by atoms with Crippen molar-refractivity contribution in [3.63, 3.8) is 0 Å². The molecule has 3 heteroatoms. The minimum Gasteiger partial charge on any atom is -0.368 e. The van der Waals surface area contributed by atoms with E-state index in [1.165, 1.54) is 11.3 Å². The molecule has 0 amide bonds. The van der Waals surface area contributed by atoms with Gasteiger partial charge in [-0.2, -0.15) is 0 Å². The molecule has 1 heterocycles. The van der Waals surface area contributed by atoms with Crippen LogP contribution in [0.25, 0.3) is 0 Å². The fourth-order valence-electron chi connectivity index (χ4n) is 2.31. The van der Waals surface area contributed by atoms with Crippen molar-refractivity contribution in [2.45, 2.75) is 26.9 Å². The van der Waals surface area contributed by atoms with Crippen LogP contribution in [0.2, 0.25) is 0 Å². The van der Waals surface area contributed by atoms with E-state index in [4.69, 9.17) is 0 Å². The standard InChI is InChI=1S/C17H23N3/c1-4-18-12-15-9-5-6-11-17(15)20(3)13-16-10-7-8-14(2)19-16/h5-11,18H,4,12-13H2,1-3H3. The molecule has 1 aromatic carbocycles. The molecule has 0 saturated carbocycles. The van der Waals surface area contributed by atoms with Crippen molar-refractivity contribution in [2.24, 2.45) is 0 Å². The van der Waals surface area contributed by atoms with Gasteiger partial charge in [0, 0.05) is 25.0 Å². The monoisotopic (exact) mass is 269 g/mol. The number of hydrogen-bond acceptors (Lipinski definition) is 3. The molecule has 0 fully saturated rings. The van der Waals surface area contributed by atoms with Crippen molar-refractivity contribution in [1.29, 1.82) is 0 Å². The Morgan fingerprint density at radius 2 is 1.90 bits per heavy atom. The summed E-state index contributed by atoms with van der Waals surface area (Å²) < 4.78 is 0. The van der Waals surface area contributed by atoms with Crippen LogP contribution >= 0.6 is 0 Å². The van der Waals surface area contributed by atoms with Crippen LogP contribution in [-0.4, -0.2) is 18.6 Å². The summed E-state index contributed by atoms with van der Waals surface area (Å²) in [6.07, 6.45) is 0. The lowest BCUT2D eigenvalue weighted by atomic mass is 10.1. The summed E-state index contributed by atoms with van der Waals surface area (Å²) in [5, 5.41) is 3.39. The number of aromatic nitrogens is 1. The Morgan fingerprint density at radius 1 is 1.10 bits per heavy atom. The Hall–Kier alpha value is -1.87. The van der Waals surface area contributed by atoms with Crippen molar-refractivity contribution < 1.29 is 0 Å². The van der Waals surface area contributed by atoms with Gasteiger partial charge in [-0.15, -0.1) is 0 Å². The highest BCUT2D eigenvalue weighted by Gasteiger charge is 2.07. The van der Waals surface area contributed by atoms with E-state index in [0.717, 1.165) is 31.0 Å². The maximum absolute atomic E-state index is 4.57. The van der Waals surface area contributed by atoms with Gasteiger partial charge in [0.2, 0.25) is 0 Å². The van der Waals surface area contributed by atoms with Crippen LogP contribution in [0.15, 0.2) is 42.5 Å². The van der Waals surface area contributed by atoms with Crippen LogP contribution < -0.4 is 10.2 Å². The van der Waals surface area contributed by atoms with Gasteiger partial charge in [-0.25, -0.2) is 0 Å². The molecule has 0 unspecified atom stereocenters. The Bertz CT molecular complexity index is 551. The summed E-state index contributed by atoms with van der Waals surface area (Å²) in [7, 11) is 2.12. The number of aryl methyl sites for hydroxylation is 1. The summed E-state index contributed by atoms with van der Waals surface area (Å²) >= 11 is 0. The Kier molecular flexibility index (Phi) is 5.13. The maximum Gasteiger partial charge on any atom is 0.0600 e. The normalized spacial score (nSPS) is 10.6. The van der Waals surface area contributed by atoms with Crippen molar-refractivity contribution in [1.82, 2.24) is 10.3 Å². The molecule has 0 aliphatic carbocycles. The molecule has 106 valence electrons. The fraction of sp³-hybridized carbons (Fsp3) is 0.353. The van der Waals surface area contributed by atoms with Crippen molar-refractivity contribution in [3.05, 3.63) is 59.4 Å². The number of hydrogen-bond donors (Lipinski definition) is 1. The number of anilines is 1. The van der Waals surface area contributed by atoms with E-state index in [1.807, 2.05) is 13.0 Å². The lowest BCUT2D eigenvalue weighted by molar-refractivity contribution is 0.722. The minimum atomic E-state index is 0.824. The third-order valence-electron chi connectivity index (χ3n) is 3.31. The van der Waals surface area contributed by atoms with Crippen LogP contribution in [0.1, 0.15) is 23.9 Å². The van der Waals surface area contributed by atoms with E-state index in [1.54, 1.807) is 0 Å². The van der Waals surface area contributed by atoms with E-state index in [-0.39, 0.29) is 0 Å². The second-order valence-electron chi connectivity index (χ2n) is 5.04. The average molecular weight is 269 g/mol. The molecular formula is C17H23N3.